The molecule has 0 aromatic heterocycles. The molecule has 0 atom stereocenters. The van der Waals surface area contributed by atoms with Crippen LogP contribution in [0.2, 0.25) is 0 Å². The van der Waals surface area contributed by atoms with Gasteiger partial charge in [-0.2, -0.15) is 13.2 Å². The fraction of sp³-hybridized carbons (Fsp3) is 0.350. The molecule has 1 amide bonds. The number of carbonyl (C=O) groups is 1. The van der Waals surface area contributed by atoms with E-state index >= 15 is 0 Å². The third-order valence-electron chi connectivity index (χ3n) is 4.56. The topological polar surface area (TPSA) is 29.5 Å². The summed E-state index contributed by atoms with van der Waals surface area (Å²) in [7, 11) is 1.60. The average molecular weight is 363 g/mol. The van der Waals surface area contributed by atoms with Crippen LogP contribution in [0.5, 0.6) is 5.75 Å². The van der Waals surface area contributed by atoms with Crippen molar-refractivity contribution < 1.29 is 22.7 Å². The summed E-state index contributed by atoms with van der Waals surface area (Å²) in [4.78, 5) is 13.6. The van der Waals surface area contributed by atoms with Gasteiger partial charge in [0.2, 0.25) is 0 Å². The number of amides is 1. The fourth-order valence-corrected chi connectivity index (χ4v) is 3.05. The van der Waals surface area contributed by atoms with Crippen LogP contribution in [0.25, 0.3) is 0 Å². The van der Waals surface area contributed by atoms with Crippen molar-refractivity contribution in [1.29, 1.82) is 0 Å². The lowest BCUT2D eigenvalue weighted by Gasteiger charge is -2.18. The Balaban J connectivity index is 1.53. The van der Waals surface area contributed by atoms with E-state index < -0.39 is 11.7 Å². The van der Waals surface area contributed by atoms with Crippen molar-refractivity contribution in [1.82, 2.24) is 4.90 Å². The van der Waals surface area contributed by atoms with Crippen LogP contribution in [-0.2, 0) is 30.4 Å². The lowest BCUT2D eigenvalue weighted by Crippen LogP contribution is -2.31. The maximum atomic E-state index is 12.6. The molecule has 0 saturated carbocycles. The average Bonchev–Trinajstić information content (AvgIpc) is 3.07. The number of hydrogen-bond donors (Lipinski definition) is 0. The van der Waals surface area contributed by atoms with E-state index in [1.54, 1.807) is 7.05 Å². The van der Waals surface area contributed by atoms with Crippen LogP contribution in [0.3, 0.4) is 0 Å². The molecule has 1 aliphatic carbocycles. The highest BCUT2D eigenvalue weighted by Crippen LogP contribution is 2.29. The molecule has 2 aromatic rings. The van der Waals surface area contributed by atoms with Gasteiger partial charge in [-0.25, -0.2) is 0 Å². The van der Waals surface area contributed by atoms with Crippen molar-refractivity contribution in [2.45, 2.75) is 32.0 Å². The third-order valence-corrected chi connectivity index (χ3v) is 4.56. The first-order valence-electron chi connectivity index (χ1n) is 8.47. The minimum atomic E-state index is -4.36. The largest absolute Gasteiger partial charge is 0.484 e. The fourth-order valence-electron chi connectivity index (χ4n) is 3.05. The summed E-state index contributed by atoms with van der Waals surface area (Å²) in [6, 6.07) is 10.7. The number of halogens is 3. The predicted octanol–water partition coefficient (Wildman–Crippen LogP) is 4.23. The first-order valence-corrected chi connectivity index (χ1v) is 8.47. The monoisotopic (exact) mass is 363 g/mol. The summed E-state index contributed by atoms with van der Waals surface area (Å²) >= 11 is 0. The molecule has 0 radical (unpaired) electrons. The third kappa shape index (κ3) is 4.36. The number of alkyl halides is 3. The van der Waals surface area contributed by atoms with Crippen molar-refractivity contribution >= 4 is 5.91 Å². The highest BCUT2D eigenvalue weighted by atomic mass is 19.4. The molecule has 1 aliphatic rings. The summed E-state index contributed by atoms with van der Waals surface area (Å²) < 4.78 is 43.3. The molecule has 0 heterocycles. The Morgan fingerprint density at radius 2 is 1.77 bits per heavy atom. The summed E-state index contributed by atoms with van der Waals surface area (Å²) in [6.07, 6.45) is -1.09. The van der Waals surface area contributed by atoms with E-state index in [2.05, 4.69) is 0 Å². The van der Waals surface area contributed by atoms with Crippen molar-refractivity contribution in [3.63, 3.8) is 0 Å². The molecule has 0 N–H and O–H groups in total. The van der Waals surface area contributed by atoms with E-state index in [0.717, 1.165) is 31.4 Å². The number of benzene rings is 2. The van der Waals surface area contributed by atoms with E-state index in [1.165, 1.54) is 28.2 Å². The molecule has 138 valence electrons. The minimum absolute atomic E-state index is 0.101. The van der Waals surface area contributed by atoms with Crippen LogP contribution < -0.4 is 4.74 Å². The van der Waals surface area contributed by atoms with Gasteiger partial charge in [-0.3, -0.25) is 4.79 Å². The van der Waals surface area contributed by atoms with Crippen LogP contribution in [-0.4, -0.2) is 24.5 Å². The number of ether oxygens (including phenoxy) is 1. The van der Waals surface area contributed by atoms with Crippen LogP contribution in [0, 0.1) is 0 Å². The Morgan fingerprint density at radius 3 is 2.46 bits per heavy atom. The van der Waals surface area contributed by atoms with Crippen molar-refractivity contribution in [3.05, 3.63) is 64.7 Å². The number of nitrogens with zero attached hydrogens (tertiary/aromatic N) is 1. The van der Waals surface area contributed by atoms with Crippen LogP contribution in [0.15, 0.2) is 42.5 Å². The number of hydrogen-bond acceptors (Lipinski definition) is 2. The molecule has 0 aliphatic heterocycles. The van der Waals surface area contributed by atoms with Crippen LogP contribution in [0.4, 0.5) is 13.2 Å². The zero-order valence-electron chi connectivity index (χ0n) is 14.5. The molecule has 0 unspecified atom stereocenters. The second-order valence-corrected chi connectivity index (χ2v) is 6.52. The van der Waals surface area contributed by atoms with Crippen molar-refractivity contribution in [2.75, 3.05) is 13.7 Å². The number of rotatable bonds is 5. The number of fused-ring (bicyclic) bond motifs is 1. The van der Waals surface area contributed by atoms with E-state index in [-0.39, 0.29) is 19.1 Å². The maximum absolute atomic E-state index is 12.6. The number of carbonyl (C=O) groups excluding carboxylic acids is 1. The van der Waals surface area contributed by atoms with Gasteiger partial charge in [0.1, 0.15) is 5.75 Å². The zero-order valence-corrected chi connectivity index (χ0v) is 14.5. The molecule has 6 heteroatoms. The van der Waals surface area contributed by atoms with E-state index in [1.807, 2.05) is 18.2 Å². The van der Waals surface area contributed by atoms with E-state index in [0.29, 0.717) is 11.3 Å². The Hall–Kier alpha value is -2.50. The number of aryl methyl sites for hydroxylation is 2. The second-order valence-electron chi connectivity index (χ2n) is 6.52. The van der Waals surface area contributed by atoms with Gasteiger partial charge in [0.05, 0.1) is 5.56 Å². The zero-order chi connectivity index (χ0) is 18.7. The lowest BCUT2D eigenvalue weighted by molar-refractivity contribution is -0.137. The Labute approximate surface area is 150 Å². The maximum Gasteiger partial charge on any atom is 0.416 e. The second kappa shape index (κ2) is 7.40. The summed E-state index contributed by atoms with van der Waals surface area (Å²) in [5.41, 5.74) is 2.54. The van der Waals surface area contributed by atoms with Crippen molar-refractivity contribution in [3.8, 4) is 5.75 Å². The van der Waals surface area contributed by atoms with Gasteiger partial charge in [0.15, 0.2) is 6.61 Å². The molecule has 0 fully saturated rings. The molecule has 2 aromatic carbocycles. The summed E-state index contributed by atoms with van der Waals surface area (Å²) in [5, 5.41) is 0. The quantitative estimate of drug-likeness (QED) is 0.796. The highest BCUT2D eigenvalue weighted by Gasteiger charge is 2.30. The van der Waals surface area contributed by atoms with E-state index in [4.69, 9.17) is 4.74 Å². The SMILES string of the molecule is CN(Cc1ccc(C(F)(F)F)cc1)C(=O)COc1ccc2c(c1)CCC2. The predicted molar refractivity (Wildman–Crippen MR) is 91.9 cm³/mol. The first kappa shape index (κ1) is 18.3. The van der Waals surface area contributed by atoms with Gasteiger partial charge >= 0.3 is 6.18 Å². The Bertz CT molecular complexity index is 785. The van der Waals surface area contributed by atoms with Gasteiger partial charge in [-0.05, 0) is 60.2 Å². The highest BCUT2D eigenvalue weighted by molar-refractivity contribution is 5.77. The molecule has 0 saturated heterocycles. The number of likely N-dealkylation sites (N-methyl/N-ethyl adjacent to an activating group) is 1. The molecule has 26 heavy (non-hydrogen) atoms. The van der Waals surface area contributed by atoms with E-state index in [9.17, 15) is 18.0 Å². The van der Waals surface area contributed by atoms with Crippen LogP contribution in [0.1, 0.15) is 28.7 Å². The molecule has 0 spiro atoms. The molecular weight excluding hydrogens is 343 g/mol. The lowest BCUT2D eigenvalue weighted by atomic mass is 10.1. The van der Waals surface area contributed by atoms with Gasteiger partial charge in [0, 0.05) is 13.6 Å². The molecular formula is C20H20F3NO2. The van der Waals surface area contributed by atoms with Gasteiger partial charge in [-0.15, -0.1) is 0 Å². The Kier molecular flexibility index (Phi) is 5.20. The Morgan fingerprint density at radius 1 is 1.08 bits per heavy atom. The smallest absolute Gasteiger partial charge is 0.416 e. The first-order chi connectivity index (χ1) is 12.3. The summed E-state index contributed by atoms with van der Waals surface area (Å²) in [6.45, 7) is 0.125. The van der Waals surface area contributed by atoms with Gasteiger partial charge in [0.25, 0.3) is 5.91 Å². The summed E-state index contributed by atoms with van der Waals surface area (Å²) in [5.74, 6) is 0.437. The van der Waals surface area contributed by atoms with Gasteiger partial charge < -0.3 is 9.64 Å². The van der Waals surface area contributed by atoms with Crippen LogP contribution >= 0.6 is 0 Å². The normalized spacial score (nSPS) is 13.4. The van der Waals surface area contributed by atoms with Gasteiger partial charge in [-0.1, -0.05) is 18.2 Å². The standard InChI is InChI=1S/C20H20F3NO2/c1-24(12-14-5-8-17(9-6-14)20(21,22)23)19(25)13-26-18-10-7-15-3-2-4-16(15)11-18/h5-11H,2-4,12-13H2,1H3. The minimum Gasteiger partial charge on any atom is -0.484 e. The molecule has 0 bridgehead atoms. The van der Waals surface area contributed by atoms with Crippen molar-refractivity contribution in [2.24, 2.45) is 0 Å². The molecule has 3 nitrogen and oxygen atoms in total. The molecule has 3 rings (SSSR count).